The maximum absolute atomic E-state index is 10.5. The minimum Gasteiger partial charge on any atom is -0.463 e. The van der Waals surface area contributed by atoms with Gasteiger partial charge in [0.1, 0.15) is 6.61 Å². The molecular formula is C14H30O4. The molecule has 0 radical (unpaired) electrons. The largest absolute Gasteiger partial charge is 0.463 e. The van der Waals surface area contributed by atoms with Crippen molar-refractivity contribution in [1.82, 2.24) is 0 Å². The van der Waals surface area contributed by atoms with Crippen LogP contribution in [-0.4, -0.2) is 37.5 Å². The quantitative estimate of drug-likeness (QED) is 0.486. The summed E-state index contributed by atoms with van der Waals surface area (Å²) in [5.74, 6) is -0.230. The molecule has 0 aliphatic rings. The summed E-state index contributed by atoms with van der Waals surface area (Å²) in [5, 5.41) is 8.21. The van der Waals surface area contributed by atoms with Crippen LogP contribution in [0.1, 0.15) is 59.3 Å². The summed E-state index contributed by atoms with van der Waals surface area (Å²) in [6, 6.07) is 0. The molecule has 0 aromatic heterocycles. The lowest BCUT2D eigenvalue weighted by Crippen LogP contribution is -2.07. The van der Waals surface area contributed by atoms with Gasteiger partial charge < -0.3 is 14.6 Å². The molecule has 0 saturated heterocycles. The molecular weight excluding hydrogens is 232 g/mol. The van der Waals surface area contributed by atoms with Crippen LogP contribution in [0.3, 0.4) is 0 Å². The predicted octanol–water partition coefficient (Wildman–Crippen LogP) is 2.93. The van der Waals surface area contributed by atoms with Gasteiger partial charge in [-0.25, -0.2) is 0 Å². The topological polar surface area (TPSA) is 55.8 Å². The minimum atomic E-state index is -0.230. The molecule has 0 atom stereocenters. The first-order chi connectivity index (χ1) is 8.72. The Balaban J connectivity index is 0. The Morgan fingerprint density at radius 3 is 1.89 bits per heavy atom. The Morgan fingerprint density at radius 2 is 1.50 bits per heavy atom. The standard InChI is InChI=1S/C8H18O.C6H12O3/c1-3-5-7-9-8-6-4-2;1-2-3-6(8)9-5-4-7/h3-8H2,1-2H3;7H,2-5H2,1H3. The van der Waals surface area contributed by atoms with E-state index in [1.807, 2.05) is 6.92 Å². The van der Waals surface area contributed by atoms with Gasteiger partial charge in [-0.2, -0.15) is 0 Å². The van der Waals surface area contributed by atoms with E-state index in [-0.39, 0.29) is 19.2 Å². The summed E-state index contributed by atoms with van der Waals surface area (Å²) in [6.07, 6.45) is 6.15. The molecule has 0 fully saturated rings. The molecule has 0 heterocycles. The molecule has 0 unspecified atom stereocenters. The average Bonchev–Trinajstić information content (AvgIpc) is 2.37. The Labute approximate surface area is 112 Å². The second-order valence-corrected chi connectivity index (χ2v) is 4.01. The van der Waals surface area contributed by atoms with Crippen molar-refractivity contribution in [2.45, 2.75) is 59.3 Å². The fourth-order valence-corrected chi connectivity index (χ4v) is 1.03. The van der Waals surface area contributed by atoms with Gasteiger partial charge in [0, 0.05) is 19.6 Å². The molecule has 110 valence electrons. The normalized spacial score (nSPS) is 9.56. The average molecular weight is 262 g/mol. The predicted molar refractivity (Wildman–Crippen MR) is 73.6 cm³/mol. The Morgan fingerprint density at radius 1 is 0.944 bits per heavy atom. The number of hydrogen-bond donors (Lipinski definition) is 1. The summed E-state index contributed by atoms with van der Waals surface area (Å²) < 4.78 is 9.86. The Kier molecular flexibility index (Phi) is 20.5. The number of carbonyl (C=O) groups excluding carboxylic acids is 1. The third kappa shape index (κ3) is 20.8. The van der Waals surface area contributed by atoms with Crippen LogP contribution >= 0.6 is 0 Å². The van der Waals surface area contributed by atoms with Gasteiger partial charge in [0.2, 0.25) is 0 Å². The highest BCUT2D eigenvalue weighted by atomic mass is 16.5. The molecule has 0 aromatic rings. The molecule has 0 aliphatic heterocycles. The molecule has 1 N–H and O–H groups in total. The van der Waals surface area contributed by atoms with E-state index in [2.05, 4.69) is 18.6 Å². The second-order valence-electron chi connectivity index (χ2n) is 4.01. The highest BCUT2D eigenvalue weighted by molar-refractivity contribution is 5.69. The summed E-state index contributed by atoms with van der Waals surface area (Å²) in [5.41, 5.74) is 0. The zero-order valence-electron chi connectivity index (χ0n) is 12.2. The molecule has 4 heteroatoms. The summed E-state index contributed by atoms with van der Waals surface area (Å²) >= 11 is 0. The molecule has 0 saturated carbocycles. The molecule has 0 aromatic carbocycles. The second kappa shape index (κ2) is 18.7. The van der Waals surface area contributed by atoms with Crippen molar-refractivity contribution < 1.29 is 19.4 Å². The highest BCUT2D eigenvalue weighted by Gasteiger charge is 1.97. The molecule has 0 bridgehead atoms. The zero-order chi connectivity index (χ0) is 14.1. The van der Waals surface area contributed by atoms with Gasteiger partial charge in [0.25, 0.3) is 0 Å². The number of hydrogen-bond acceptors (Lipinski definition) is 4. The van der Waals surface area contributed by atoms with Crippen LogP contribution in [0.25, 0.3) is 0 Å². The van der Waals surface area contributed by atoms with Gasteiger partial charge in [0.05, 0.1) is 6.61 Å². The van der Waals surface area contributed by atoms with E-state index in [0.29, 0.717) is 6.42 Å². The molecule has 0 aliphatic carbocycles. The molecule has 0 rings (SSSR count). The van der Waals surface area contributed by atoms with Crippen LogP contribution < -0.4 is 0 Å². The lowest BCUT2D eigenvalue weighted by molar-refractivity contribution is -0.144. The monoisotopic (exact) mass is 262 g/mol. The van der Waals surface area contributed by atoms with Crippen molar-refractivity contribution in [1.29, 1.82) is 0 Å². The molecule has 18 heavy (non-hydrogen) atoms. The number of esters is 1. The Hall–Kier alpha value is -0.610. The number of aliphatic hydroxyl groups is 1. The van der Waals surface area contributed by atoms with Crippen molar-refractivity contribution in [2.24, 2.45) is 0 Å². The maximum Gasteiger partial charge on any atom is 0.305 e. The third-order valence-corrected chi connectivity index (χ3v) is 2.09. The number of aliphatic hydroxyl groups excluding tert-OH is 1. The lowest BCUT2D eigenvalue weighted by Gasteiger charge is -1.99. The zero-order valence-corrected chi connectivity index (χ0v) is 12.2. The third-order valence-electron chi connectivity index (χ3n) is 2.09. The fraction of sp³-hybridized carbons (Fsp3) is 0.929. The summed E-state index contributed by atoms with van der Waals surface area (Å²) in [4.78, 5) is 10.5. The van der Waals surface area contributed by atoms with Crippen LogP contribution in [0.5, 0.6) is 0 Å². The van der Waals surface area contributed by atoms with Gasteiger partial charge >= 0.3 is 5.97 Å². The number of rotatable bonds is 10. The van der Waals surface area contributed by atoms with Gasteiger partial charge in [-0.15, -0.1) is 0 Å². The van der Waals surface area contributed by atoms with Crippen LogP contribution in [0.2, 0.25) is 0 Å². The van der Waals surface area contributed by atoms with E-state index in [1.54, 1.807) is 0 Å². The molecule has 4 nitrogen and oxygen atoms in total. The van der Waals surface area contributed by atoms with E-state index < -0.39 is 0 Å². The van der Waals surface area contributed by atoms with Crippen LogP contribution in [0.15, 0.2) is 0 Å². The first-order valence-corrected chi connectivity index (χ1v) is 7.07. The minimum absolute atomic E-state index is 0.0878. The van der Waals surface area contributed by atoms with Crippen molar-refractivity contribution >= 4 is 5.97 Å². The van der Waals surface area contributed by atoms with Crippen LogP contribution in [0.4, 0.5) is 0 Å². The number of unbranched alkanes of at least 4 members (excludes halogenated alkanes) is 2. The highest BCUT2D eigenvalue weighted by Crippen LogP contribution is 1.91. The van der Waals surface area contributed by atoms with Crippen molar-refractivity contribution in [3.63, 3.8) is 0 Å². The van der Waals surface area contributed by atoms with Gasteiger partial charge in [0.15, 0.2) is 0 Å². The lowest BCUT2D eigenvalue weighted by atomic mass is 10.3. The van der Waals surface area contributed by atoms with E-state index in [1.165, 1.54) is 25.7 Å². The van der Waals surface area contributed by atoms with Gasteiger partial charge in [-0.3, -0.25) is 4.79 Å². The SMILES string of the molecule is CCCC(=O)OCCO.CCCCOCCCC. The van der Waals surface area contributed by atoms with Gasteiger partial charge in [-0.1, -0.05) is 33.6 Å². The number of ether oxygens (including phenoxy) is 2. The smallest absolute Gasteiger partial charge is 0.305 e. The van der Waals surface area contributed by atoms with E-state index >= 15 is 0 Å². The summed E-state index contributed by atoms with van der Waals surface area (Å²) in [6.45, 7) is 8.22. The maximum atomic E-state index is 10.5. The molecule has 0 amide bonds. The first-order valence-electron chi connectivity index (χ1n) is 7.07. The van der Waals surface area contributed by atoms with Crippen LogP contribution in [0, 0.1) is 0 Å². The van der Waals surface area contributed by atoms with Gasteiger partial charge in [-0.05, 0) is 19.3 Å². The van der Waals surface area contributed by atoms with Crippen molar-refractivity contribution in [3.05, 3.63) is 0 Å². The van der Waals surface area contributed by atoms with Crippen LogP contribution in [-0.2, 0) is 14.3 Å². The van der Waals surface area contributed by atoms with E-state index in [9.17, 15) is 4.79 Å². The first kappa shape index (κ1) is 19.7. The van der Waals surface area contributed by atoms with Crippen molar-refractivity contribution in [2.75, 3.05) is 26.4 Å². The fourth-order valence-electron chi connectivity index (χ4n) is 1.03. The Bertz CT molecular complexity index is 154. The van der Waals surface area contributed by atoms with E-state index in [0.717, 1.165) is 19.6 Å². The van der Waals surface area contributed by atoms with Crippen molar-refractivity contribution in [3.8, 4) is 0 Å². The van der Waals surface area contributed by atoms with E-state index in [4.69, 9.17) is 9.84 Å². The molecule has 0 spiro atoms. The number of carbonyl (C=O) groups is 1. The summed E-state index contributed by atoms with van der Waals surface area (Å²) in [7, 11) is 0.